The van der Waals surface area contributed by atoms with Crippen molar-refractivity contribution >= 4 is 0 Å². The molecule has 0 amide bonds. The third-order valence-electron chi connectivity index (χ3n) is 7.14. The van der Waals surface area contributed by atoms with Crippen LogP contribution >= 0.6 is 0 Å². The van der Waals surface area contributed by atoms with Crippen LogP contribution in [0.4, 0.5) is 0 Å². The zero-order chi connectivity index (χ0) is 16.8. The summed E-state index contributed by atoms with van der Waals surface area (Å²) in [4.78, 5) is 0. The summed E-state index contributed by atoms with van der Waals surface area (Å²) in [5.74, 6) is 0.928. The van der Waals surface area contributed by atoms with Crippen LogP contribution in [0.15, 0.2) is 12.7 Å². The van der Waals surface area contributed by atoms with E-state index in [0.717, 1.165) is 19.3 Å². The molecule has 128 valence electrons. The second-order valence-corrected chi connectivity index (χ2v) is 9.45. The van der Waals surface area contributed by atoms with Crippen molar-refractivity contribution < 1.29 is 10.2 Å². The van der Waals surface area contributed by atoms with Crippen molar-refractivity contribution in [3.8, 4) is 0 Å². The van der Waals surface area contributed by atoms with Crippen LogP contribution in [-0.2, 0) is 0 Å². The molecule has 0 saturated heterocycles. The maximum Gasteiger partial charge on any atom is 0.0797 e. The van der Waals surface area contributed by atoms with E-state index in [9.17, 15) is 10.2 Å². The van der Waals surface area contributed by atoms with Crippen molar-refractivity contribution in [1.82, 2.24) is 0 Å². The lowest BCUT2D eigenvalue weighted by molar-refractivity contribution is -0.171. The fraction of sp³-hybridized carbons (Fsp3) is 0.900. The minimum atomic E-state index is -0.830. The zero-order valence-corrected chi connectivity index (χ0v) is 15.3. The first-order chi connectivity index (χ1) is 9.95. The van der Waals surface area contributed by atoms with Crippen molar-refractivity contribution in [2.45, 2.75) is 90.8 Å². The van der Waals surface area contributed by atoms with Crippen molar-refractivity contribution in [2.24, 2.45) is 22.7 Å². The normalized spacial score (nSPS) is 44.0. The molecule has 0 heterocycles. The number of rotatable bonds is 4. The number of hydrogen-bond donors (Lipinski definition) is 2. The van der Waals surface area contributed by atoms with E-state index in [2.05, 4.69) is 27.4 Å². The van der Waals surface area contributed by atoms with E-state index < -0.39 is 11.2 Å². The molecule has 0 aromatic rings. The molecule has 0 spiro atoms. The highest BCUT2D eigenvalue weighted by molar-refractivity contribution is 5.08. The van der Waals surface area contributed by atoms with Gasteiger partial charge in [0.15, 0.2) is 0 Å². The molecule has 0 radical (unpaired) electrons. The first-order valence-corrected chi connectivity index (χ1v) is 9.03. The Balaban J connectivity index is 2.28. The minimum absolute atomic E-state index is 0.181. The summed E-state index contributed by atoms with van der Waals surface area (Å²) < 4.78 is 0. The molecule has 2 rings (SSSR count). The fourth-order valence-corrected chi connectivity index (χ4v) is 5.80. The molecule has 22 heavy (non-hydrogen) atoms. The van der Waals surface area contributed by atoms with Gasteiger partial charge in [-0.3, -0.25) is 0 Å². The Morgan fingerprint density at radius 1 is 1.18 bits per heavy atom. The van der Waals surface area contributed by atoms with Crippen molar-refractivity contribution in [2.75, 3.05) is 0 Å². The molecule has 0 aromatic heterocycles. The van der Waals surface area contributed by atoms with Gasteiger partial charge in [-0.15, -0.1) is 6.58 Å². The predicted octanol–water partition coefficient (Wildman–Crippen LogP) is 4.70. The van der Waals surface area contributed by atoms with Crippen LogP contribution in [0, 0.1) is 22.7 Å². The smallest absolute Gasteiger partial charge is 0.0797 e. The predicted molar refractivity (Wildman–Crippen MR) is 92.6 cm³/mol. The summed E-state index contributed by atoms with van der Waals surface area (Å²) in [6.45, 7) is 14.8. The molecule has 2 heteroatoms. The summed E-state index contributed by atoms with van der Waals surface area (Å²) >= 11 is 0. The second-order valence-electron chi connectivity index (χ2n) is 9.45. The van der Waals surface area contributed by atoms with E-state index in [1.807, 2.05) is 13.8 Å². The van der Waals surface area contributed by atoms with Crippen molar-refractivity contribution in [1.29, 1.82) is 0 Å². The average molecular weight is 309 g/mol. The van der Waals surface area contributed by atoms with Gasteiger partial charge in [0.1, 0.15) is 0 Å². The second kappa shape index (κ2) is 5.63. The van der Waals surface area contributed by atoms with Crippen LogP contribution in [0.2, 0.25) is 0 Å². The zero-order valence-electron chi connectivity index (χ0n) is 15.3. The molecule has 2 nitrogen and oxygen atoms in total. The van der Waals surface area contributed by atoms with Gasteiger partial charge in [0, 0.05) is 0 Å². The van der Waals surface area contributed by atoms with Crippen molar-refractivity contribution in [3.63, 3.8) is 0 Å². The molecule has 2 fully saturated rings. The van der Waals surface area contributed by atoms with E-state index in [1.54, 1.807) is 6.08 Å². The van der Waals surface area contributed by atoms with Gasteiger partial charge in [-0.1, -0.05) is 33.3 Å². The van der Waals surface area contributed by atoms with Gasteiger partial charge in [0.2, 0.25) is 0 Å². The standard InChI is InChI=1S/C20H36O2/c1-7-18(4,21)13-9-16-19(5)12-8-11-17(2,3)15(19)10-14-20(16,6)22/h7,15-16,21-22H,1,8-14H2,2-6H3/t15-,16+,18+,19-,20-/m0/s1. The van der Waals surface area contributed by atoms with Gasteiger partial charge >= 0.3 is 0 Å². The highest BCUT2D eigenvalue weighted by Crippen LogP contribution is 2.63. The van der Waals surface area contributed by atoms with Gasteiger partial charge in [-0.25, -0.2) is 0 Å². The van der Waals surface area contributed by atoms with Gasteiger partial charge in [-0.05, 0) is 75.0 Å². The van der Waals surface area contributed by atoms with Crippen LogP contribution in [0.1, 0.15) is 79.6 Å². The molecular formula is C20H36O2. The Bertz CT molecular complexity index is 421. The topological polar surface area (TPSA) is 40.5 Å². The Hall–Kier alpha value is -0.340. The minimum Gasteiger partial charge on any atom is -0.390 e. The molecule has 2 saturated carbocycles. The maximum absolute atomic E-state index is 11.1. The molecular weight excluding hydrogens is 272 g/mol. The summed E-state index contributed by atoms with van der Waals surface area (Å²) in [5, 5.41) is 21.4. The van der Waals surface area contributed by atoms with Crippen LogP contribution in [0.5, 0.6) is 0 Å². The first kappa shape index (κ1) is 18.0. The molecule has 5 atom stereocenters. The Labute approximate surface area is 137 Å². The molecule has 0 unspecified atom stereocenters. The number of fused-ring (bicyclic) bond motifs is 1. The summed E-state index contributed by atoms with van der Waals surface area (Å²) in [6.07, 6.45) is 8.96. The van der Waals surface area contributed by atoms with Gasteiger partial charge in [-0.2, -0.15) is 0 Å². The SMILES string of the molecule is C=C[C@@](C)(O)CC[C@@H]1[C@@]2(C)CCCC(C)(C)[C@@H]2CC[C@]1(C)O. The summed E-state index contributed by atoms with van der Waals surface area (Å²) in [5.41, 5.74) is -0.900. The summed E-state index contributed by atoms with van der Waals surface area (Å²) in [7, 11) is 0. The molecule has 0 aromatic carbocycles. The fourth-order valence-electron chi connectivity index (χ4n) is 5.80. The van der Waals surface area contributed by atoms with Crippen LogP contribution in [0.3, 0.4) is 0 Å². The summed E-state index contributed by atoms with van der Waals surface area (Å²) in [6, 6.07) is 0. The number of aliphatic hydroxyl groups is 2. The lowest BCUT2D eigenvalue weighted by Crippen LogP contribution is -2.57. The van der Waals surface area contributed by atoms with Gasteiger partial charge in [0.25, 0.3) is 0 Å². The molecule has 0 aliphatic heterocycles. The van der Waals surface area contributed by atoms with Crippen LogP contribution in [-0.4, -0.2) is 21.4 Å². The Kier molecular flexibility index (Phi) is 4.61. The first-order valence-electron chi connectivity index (χ1n) is 9.03. The molecule has 2 aliphatic carbocycles. The van der Waals surface area contributed by atoms with E-state index >= 15 is 0 Å². The lowest BCUT2D eigenvalue weighted by Gasteiger charge is -2.61. The van der Waals surface area contributed by atoms with Crippen LogP contribution in [0.25, 0.3) is 0 Å². The number of hydrogen-bond acceptors (Lipinski definition) is 2. The largest absolute Gasteiger partial charge is 0.390 e. The lowest BCUT2D eigenvalue weighted by atomic mass is 9.45. The third-order valence-corrected chi connectivity index (χ3v) is 7.14. The molecule has 2 N–H and O–H groups in total. The Morgan fingerprint density at radius 2 is 1.82 bits per heavy atom. The quantitative estimate of drug-likeness (QED) is 0.739. The maximum atomic E-state index is 11.1. The average Bonchev–Trinajstić information content (AvgIpc) is 2.35. The van der Waals surface area contributed by atoms with E-state index in [1.165, 1.54) is 19.3 Å². The van der Waals surface area contributed by atoms with Gasteiger partial charge < -0.3 is 10.2 Å². The third kappa shape index (κ3) is 3.14. The molecule has 2 aliphatic rings. The van der Waals surface area contributed by atoms with Crippen molar-refractivity contribution in [3.05, 3.63) is 12.7 Å². The monoisotopic (exact) mass is 308 g/mol. The highest BCUT2D eigenvalue weighted by atomic mass is 16.3. The van der Waals surface area contributed by atoms with Gasteiger partial charge in [0.05, 0.1) is 11.2 Å². The van der Waals surface area contributed by atoms with E-state index in [4.69, 9.17) is 0 Å². The Morgan fingerprint density at radius 3 is 2.41 bits per heavy atom. The van der Waals surface area contributed by atoms with E-state index in [0.29, 0.717) is 17.8 Å². The molecule has 0 bridgehead atoms. The highest BCUT2D eigenvalue weighted by Gasteiger charge is 2.57. The van der Waals surface area contributed by atoms with Crippen LogP contribution < -0.4 is 0 Å². The van der Waals surface area contributed by atoms with E-state index in [-0.39, 0.29) is 11.3 Å².